The molecule has 0 saturated heterocycles. The number of fused-ring (bicyclic) bond motifs is 2. The molecule has 0 aliphatic heterocycles. The van der Waals surface area contributed by atoms with Crippen molar-refractivity contribution in [1.29, 1.82) is 0 Å². The Labute approximate surface area is 253 Å². The largest absolute Gasteiger partial charge is 1.00 e. The van der Waals surface area contributed by atoms with Crippen LogP contribution in [0.1, 0.15) is 28.7 Å². The molecule has 0 radical (unpaired) electrons. The standard InChI is InChI=1S/C34H29Si.2ClH.Hf/c1-35(2,3)28-19-18-27(22-28)34-31(21-20-30-29-17-11-10-16-26(29)23-32(30)34)33(24-12-6-4-7-13-24)25-14-8-5-9-15-25;;;/h4-17,19-22H,18H2,1-3H3;2*1H;/q;;;+2/p-2. The quantitative estimate of drug-likeness (QED) is 0.275. The van der Waals surface area contributed by atoms with Crippen molar-refractivity contribution in [3.8, 4) is 0 Å². The monoisotopic (exact) mass is 715 g/mol. The Morgan fingerprint density at radius 3 is 1.74 bits per heavy atom. The van der Waals surface area contributed by atoms with Gasteiger partial charge in [-0.2, -0.15) is 0 Å². The van der Waals surface area contributed by atoms with Gasteiger partial charge in [0, 0.05) is 0 Å². The first-order valence-electron chi connectivity index (χ1n) is 12.7. The second-order valence-corrected chi connectivity index (χ2v) is 17.6. The van der Waals surface area contributed by atoms with E-state index in [-0.39, 0.29) is 24.8 Å². The van der Waals surface area contributed by atoms with Gasteiger partial charge in [0.2, 0.25) is 0 Å². The van der Waals surface area contributed by atoms with E-state index in [1.54, 1.807) is 5.20 Å². The van der Waals surface area contributed by atoms with Crippen molar-refractivity contribution in [2.45, 2.75) is 26.1 Å². The Morgan fingerprint density at radius 1 is 0.632 bits per heavy atom. The molecule has 0 amide bonds. The van der Waals surface area contributed by atoms with Crippen molar-refractivity contribution in [3.05, 3.63) is 158 Å². The smallest absolute Gasteiger partial charge is 1.00 e. The number of halogens is 2. The summed E-state index contributed by atoms with van der Waals surface area (Å²) in [5.74, 6) is 0. The zero-order valence-electron chi connectivity index (χ0n) is 21.9. The van der Waals surface area contributed by atoms with Crippen LogP contribution in [0.3, 0.4) is 0 Å². The summed E-state index contributed by atoms with van der Waals surface area (Å²) in [5.41, 5.74) is 8.26. The van der Waals surface area contributed by atoms with Crippen LogP contribution in [0.25, 0.3) is 14.5 Å². The minimum atomic E-state index is -1.40. The predicted octanol–water partition coefficient (Wildman–Crippen LogP) is 0.836. The summed E-state index contributed by atoms with van der Waals surface area (Å²) >= 11 is 1.02. The summed E-state index contributed by atoms with van der Waals surface area (Å²) in [5, 5.41) is 7.15. The van der Waals surface area contributed by atoms with Gasteiger partial charge in [0.05, 0.1) is 0 Å². The Kier molecular flexibility index (Phi) is 8.69. The van der Waals surface area contributed by atoms with Gasteiger partial charge >= 0.3 is 231 Å². The van der Waals surface area contributed by atoms with Crippen molar-refractivity contribution >= 4 is 22.5 Å². The molecule has 38 heavy (non-hydrogen) atoms. The van der Waals surface area contributed by atoms with Gasteiger partial charge in [0.1, 0.15) is 0 Å². The van der Waals surface area contributed by atoms with E-state index in [2.05, 4.69) is 129 Å². The Morgan fingerprint density at radius 2 is 1.18 bits per heavy atom. The van der Waals surface area contributed by atoms with E-state index >= 15 is 0 Å². The Balaban J connectivity index is 0.00000168. The number of allylic oxidation sites excluding steroid dienone is 4. The Hall–Kier alpha value is -2.23. The third kappa shape index (κ3) is 5.05. The molecule has 0 N–H and O–H groups in total. The Bertz CT molecular complexity index is 1740. The van der Waals surface area contributed by atoms with Crippen LogP contribution >= 0.6 is 0 Å². The van der Waals surface area contributed by atoms with Gasteiger partial charge in [0.15, 0.2) is 0 Å². The normalized spacial score (nSPS) is 13.6. The number of benzene rings is 4. The fraction of sp³-hybridized carbons (Fsp3) is 0.118. The minimum absolute atomic E-state index is 0. The second kappa shape index (κ2) is 11.5. The van der Waals surface area contributed by atoms with Crippen LogP contribution in [0.4, 0.5) is 0 Å². The van der Waals surface area contributed by atoms with Crippen molar-refractivity contribution < 1.29 is 49.2 Å². The third-order valence-electron chi connectivity index (χ3n) is 7.39. The van der Waals surface area contributed by atoms with Crippen molar-refractivity contribution in [1.82, 2.24) is 0 Å². The molecule has 0 nitrogen and oxygen atoms in total. The van der Waals surface area contributed by atoms with Crippen LogP contribution in [0.5, 0.6) is 0 Å². The fourth-order valence-electron chi connectivity index (χ4n) is 5.61. The molecular weight excluding hydrogens is 686 g/mol. The second-order valence-electron chi connectivity index (χ2n) is 10.7. The number of rotatable bonds is 4. The molecule has 2 aliphatic carbocycles. The SMILES string of the molecule is C[Si](C)(C)C1=CCC(c2c3c(ccc2=C(c2ccccc2)c2ccccc2)=c2ccccc2=[C]3[Hf+2])=C1.[Cl-].[Cl-]. The van der Waals surface area contributed by atoms with E-state index < -0.39 is 8.07 Å². The molecule has 4 heteroatoms. The predicted molar refractivity (Wildman–Crippen MR) is 151 cm³/mol. The summed E-state index contributed by atoms with van der Waals surface area (Å²) in [4.78, 5) is 0. The van der Waals surface area contributed by atoms with E-state index in [0.29, 0.717) is 0 Å². The van der Waals surface area contributed by atoms with Gasteiger partial charge in [-0.1, -0.05) is 0 Å². The summed E-state index contributed by atoms with van der Waals surface area (Å²) in [6.07, 6.45) is 6.06. The van der Waals surface area contributed by atoms with E-state index in [0.717, 1.165) is 30.8 Å². The van der Waals surface area contributed by atoms with E-state index in [1.165, 1.54) is 57.6 Å². The summed E-state index contributed by atoms with van der Waals surface area (Å²) in [6.45, 7) is 7.38. The molecular formula is C34H29Cl2HfSi. The summed E-state index contributed by atoms with van der Waals surface area (Å²) < 4.78 is 1.53. The van der Waals surface area contributed by atoms with Gasteiger partial charge in [0.25, 0.3) is 0 Å². The average Bonchev–Trinajstić information content (AvgIpc) is 3.50. The average molecular weight is 715 g/mol. The zero-order valence-corrected chi connectivity index (χ0v) is 28.0. The van der Waals surface area contributed by atoms with Crippen LogP contribution in [0, 0.1) is 10.4 Å². The number of hydrogen-bond donors (Lipinski definition) is 0. The van der Waals surface area contributed by atoms with Crippen LogP contribution in [0.2, 0.25) is 19.6 Å². The van der Waals surface area contributed by atoms with Crippen molar-refractivity contribution in [2.75, 3.05) is 0 Å². The maximum atomic E-state index is 2.54. The minimum Gasteiger partial charge on any atom is -1.00 e. The van der Waals surface area contributed by atoms with E-state index in [4.69, 9.17) is 0 Å². The fourth-order valence-corrected chi connectivity index (χ4v) is 8.65. The summed E-state index contributed by atoms with van der Waals surface area (Å²) in [6, 6.07) is 35.7. The van der Waals surface area contributed by atoms with Crippen LogP contribution in [-0.2, 0) is 24.4 Å². The van der Waals surface area contributed by atoms with Crippen molar-refractivity contribution in [3.63, 3.8) is 0 Å². The first kappa shape index (κ1) is 28.8. The molecule has 187 valence electrons. The molecule has 0 heterocycles. The molecule has 0 atom stereocenters. The molecule has 0 fully saturated rings. The zero-order chi connectivity index (χ0) is 24.9. The first-order chi connectivity index (χ1) is 17.4. The van der Waals surface area contributed by atoms with Gasteiger partial charge in [-0.25, -0.2) is 0 Å². The molecule has 0 bridgehead atoms. The maximum Gasteiger partial charge on any atom is -1.00 e. The molecule has 2 aliphatic rings. The molecule has 0 aromatic heterocycles. The molecule has 4 aromatic rings. The van der Waals surface area contributed by atoms with Crippen molar-refractivity contribution in [2.24, 2.45) is 0 Å². The van der Waals surface area contributed by atoms with Gasteiger partial charge in [-0.05, 0) is 0 Å². The van der Waals surface area contributed by atoms with Crippen LogP contribution in [0.15, 0.2) is 114 Å². The molecule has 6 rings (SSSR count). The molecule has 4 aromatic carbocycles. The van der Waals surface area contributed by atoms with Gasteiger partial charge in [-0.15, -0.1) is 0 Å². The van der Waals surface area contributed by atoms with E-state index in [1.807, 2.05) is 0 Å². The third-order valence-corrected chi connectivity index (χ3v) is 11.3. The van der Waals surface area contributed by atoms with Gasteiger partial charge in [-0.3, -0.25) is 0 Å². The summed E-state index contributed by atoms with van der Waals surface area (Å²) in [7, 11) is -1.40. The van der Waals surface area contributed by atoms with Crippen LogP contribution in [-0.4, -0.2) is 8.07 Å². The van der Waals surface area contributed by atoms with E-state index in [9.17, 15) is 0 Å². The molecule has 0 saturated carbocycles. The topological polar surface area (TPSA) is 0 Å². The molecule has 0 unspecified atom stereocenters. The first-order valence-corrected chi connectivity index (χ1v) is 18.0. The molecule has 0 spiro atoms. The maximum absolute atomic E-state index is 2.54. The van der Waals surface area contributed by atoms with Gasteiger partial charge < -0.3 is 24.8 Å². The number of hydrogen-bond acceptors (Lipinski definition) is 0. The van der Waals surface area contributed by atoms with Crippen LogP contribution < -0.4 is 35.3 Å².